The lowest BCUT2D eigenvalue weighted by atomic mass is 10.1. The molecule has 178 valence electrons. The lowest BCUT2D eigenvalue weighted by molar-refractivity contribution is -0.121. The molecule has 0 radical (unpaired) electrons. The standard InChI is InChI=1S/C22H32FN3O5S/c1-2-19(17-8-9-18(23)20(14-17)31-15-16-6-7-16)25-32(29,30)13-5-3-4-11-26-12-10-21(27)24-22(26)28/h8-9,14,16,19,25H,2-7,10-13,15H2,1H3,(H,24,27,28). The van der Waals surface area contributed by atoms with E-state index < -0.39 is 21.9 Å². The molecule has 1 heterocycles. The molecule has 1 aliphatic carbocycles. The molecule has 3 rings (SSSR count). The third-order valence-electron chi connectivity index (χ3n) is 5.74. The molecule has 0 aromatic heterocycles. The number of sulfonamides is 1. The summed E-state index contributed by atoms with van der Waals surface area (Å²) >= 11 is 0. The predicted molar refractivity (Wildman–Crippen MR) is 118 cm³/mol. The molecule has 2 N–H and O–H groups in total. The molecular formula is C22H32FN3O5S. The second-order valence-corrected chi connectivity index (χ2v) is 10.4. The highest BCUT2D eigenvalue weighted by molar-refractivity contribution is 7.89. The van der Waals surface area contributed by atoms with Crippen LogP contribution in [0.3, 0.4) is 0 Å². The van der Waals surface area contributed by atoms with Gasteiger partial charge in [-0.2, -0.15) is 0 Å². The largest absolute Gasteiger partial charge is 0.490 e. The van der Waals surface area contributed by atoms with Gasteiger partial charge < -0.3 is 9.64 Å². The number of hydrogen-bond acceptors (Lipinski definition) is 5. The van der Waals surface area contributed by atoms with Crippen molar-refractivity contribution < 1.29 is 27.1 Å². The molecular weight excluding hydrogens is 437 g/mol. The van der Waals surface area contributed by atoms with E-state index in [0.29, 0.717) is 63.3 Å². The fraction of sp³-hybridized carbons (Fsp3) is 0.636. The SMILES string of the molecule is CCC(NS(=O)(=O)CCCCCN1CCC(=O)NC1=O)c1ccc(F)c(OCC2CC2)c1. The summed E-state index contributed by atoms with van der Waals surface area (Å²) in [7, 11) is -3.53. The van der Waals surface area contributed by atoms with Crippen LogP contribution in [-0.2, 0) is 14.8 Å². The molecule has 1 aromatic rings. The lowest BCUT2D eigenvalue weighted by Gasteiger charge is -2.26. The zero-order chi connectivity index (χ0) is 23.1. The van der Waals surface area contributed by atoms with Crippen molar-refractivity contribution in [3.63, 3.8) is 0 Å². The van der Waals surface area contributed by atoms with Gasteiger partial charge in [0.2, 0.25) is 15.9 Å². The summed E-state index contributed by atoms with van der Waals surface area (Å²) in [5, 5.41) is 2.27. The van der Waals surface area contributed by atoms with Crippen LogP contribution in [0.5, 0.6) is 5.75 Å². The summed E-state index contributed by atoms with van der Waals surface area (Å²) in [5.41, 5.74) is 0.675. The van der Waals surface area contributed by atoms with E-state index in [4.69, 9.17) is 4.74 Å². The van der Waals surface area contributed by atoms with Crippen LogP contribution in [0.4, 0.5) is 9.18 Å². The van der Waals surface area contributed by atoms with Crippen LogP contribution in [0.1, 0.15) is 63.5 Å². The van der Waals surface area contributed by atoms with Crippen molar-refractivity contribution in [2.45, 2.75) is 57.9 Å². The number of hydrogen-bond donors (Lipinski definition) is 2. The molecule has 1 saturated carbocycles. The van der Waals surface area contributed by atoms with Crippen LogP contribution < -0.4 is 14.8 Å². The number of carbonyl (C=O) groups is 2. The molecule has 3 amide bonds. The Balaban J connectivity index is 1.45. The molecule has 10 heteroatoms. The van der Waals surface area contributed by atoms with E-state index in [2.05, 4.69) is 10.0 Å². The molecule has 2 fully saturated rings. The van der Waals surface area contributed by atoms with Crippen LogP contribution in [0, 0.1) is 11.7 Å². The summed E-state index contributed by atoms with van der Waals surface area (Å²) in [6, 6.07) is 3.64. The van der Waals surface area contributed by atoms with E-state index in [0.717, 1.165) is 12.8 Å². The fourth-order valence-electron chi connectivity index (χ4n) is 3.59. The molecule has 0 spiro atoms. The minimum Gasteiger partial charge on any atom is -0.490 e. The Kier molecular flexibility index (Phi) is 8.47. The number of benzene rings is 1. The van der Waals surface area contributed by atoms with Crippen molar-refractivity contribution in [3.8, 4) is 5.75 Å². The van der Waals surface area contributed by atoms with Gasteiger partial charge >= 0.3 is 6.03 Å². The van der Waals surface area contributed by atoms with Crippen molar-refractivity contribution in [2.24, 2.45) is 5.92 Å². The first kappa shape index (κ1) is 24.4. The van der Waals surface area contributed by atoms with E-state index in [1.165, 1.54) is 6.07 Å². The van der Waals surface area contributed by atoms with Gasteiger partial charge in [0.25, 0.3) is 0 Å². The Hall–Kier alpha value is -2.20. The normalized spacial score (nSPS) is 17.9. The zero-order valence-electron chi connectivity index (χ0n) is 18.4. The number of urea groups is 1. The summed E-state index contributed by atoms with van der Waals surface area (Å²) in [5.74, 6) is -0.0863. The summed E-state index contributed by atoms with van der Waals surface area (Å²) in [6.45, 7) is 3.24. The van der Waals surface area contributed by atoms with Crippen LogP contribution >= 0.6 is 0 Å². The van der Waals surface area contributed by atoms with Crippen molar-refractivity contribution >= 4 is 22.0 Å². The number of halogens is 1. The highest BCUT2D eigenvalue weighted by Gasteiger charge is 2.24. The molecule has 32 heavy (non-hydrogen) atoms. The number of nitrogens with one attached hydrogen (secondary N) is 2. The van der Waals surface area contributed by atoms with E-state index in [-0.39, 0.29) is 23.4 Å². The van der Waals surface area contributed by atoms with Crippen LogP contribution in [0.15, 0.2) is 18.2 Å². The summed E-state index contributed by atoms with van der Waals surface area (Å²) in [6.07, 6.45) is 4.78. The van der Waals surface area contributed by atoms with Gasteiger partial charge in [0.1, 0.15) is 0 Å². The Morgan fingerprint density at radius 3 is 2.72 bits per heavy atom. The second-order valence-electron chi connectivity index (χ2n) is 8.49. The molecule has 2 aliphatic rings. The fourth-order valence-corrected chi connectivity index (χ4v) is 5.02. The van der Waals surface area contributed by atoms with Gasteiger partial charge in [-0.1, -0.05) is 19.4 Å². The molecule has 8 nitrogen and oxygen atoms in total. The molecule has 1 aliphatic heterocycles. The quantitative estimate of drug-likeness (QED) is 0.432. The van der Waals surface area contributed by atoms with Gasteiger partial charge in [0, 0.05) is 25.6 Å². The average Bonchev–Trinajstić information content (AvgIpc) is 3.57. The molecule has 1 atom stereocenters. The first-order valence-corrected chi connectivity index (χ1v) is 12.9. The Morgan fingerprint density at radius 1 is 1.25 bits per heavy atom. The number of imide groups is 1. The third-order valence-corrected chi connectivity index (χ3v) is 7.21. The van der Waals surface area contributed by atoms with Crippen molar-refractivity contribution in [1.82, 2.24) is 14.9 Å². The summed E-state index contributed by atoms with van der Waals surface area (Å²) < 4.78 is 47.5. The number of rotatable bonds is 13. The Bertz CT molecular complexity index is 920. The molecule has 1 unspecified atom stereocenters. The van der Waals surface area contributed by atoms with E-state index in [1.54, 1.807) is 17.0 Å². The van der Waals surface area contributed by atoms with Gasteiger partial charge in [-0.25, -0.2) is 22.3 Å². The average molecular weight is 470 g/mol. The first-order chi connectivity index (χ1) is 15.3. The molecule has 1 saturated heterocycles. The number of nitrogens with zero attached hydrogens (tertiary/aromatic N) is 1. The number of amides is 3. The van der Waals surface area contributed by atoms with Gasteiger partial charge in [0.05, 0.1) is 12.4 Å². The lowest BCUT2D eigenvalue weighted by Crippen LogP contribution is -2.49. The predicted octanol–water partition coefficient (Wildman–Crippen LogP) is 3.10. The van der Waals surface area contributed by atoms with Gasteiger partial charge in [-0.3, -0.25) is 10.1 Å². The van der Waals surface area contributed by atoms with Crippen LogP contribution in [0.25, 0.3) is 0 Å². The number of ether oxygens (including phenoxy) is 1. The van der Waals surface area contributed by atoms with E-state index in [1.807, 2.05) is 6.92 Å². The Labute approximate surface area is 188 Å². The van der Waals surface area contributed by atoms with Crippen LogP contribution in [0.2, 0.25) is 0 Å². The van der Waals surface area contributed by atoms with Gasteiger partial charge in [0.15, 0.2) is 11.6 Å². The topological polar surface area (TPSA) is 105 Å². The van der Waals surface area contributed by atoms with E-state index >= 15 is 0 Å². The minimum absolute atomic E-state index is 0.0274. The maximum Gasteiger partial charge on any atom is 0.324 e. The monoisotopic (exact) mass is 469 g/mol. The third kappa shape index (κ3) is 7.44. The second kappa shape index (κ2) is 11.1. The van der Waals surface area contributed by atoms with E-state index in [9.17, 15) is 22.4 Å². The first-order valence-electron chi connectivity index (χ1n) is 11.3. The maximum atomic E-state index is 14.1. The Morgan fingerprint density at radius 2 is 2.03 bits per heavy atom. The minimum atomic E-state index is -3.53. The molecule has 1 aromatic carbocycles. The highest BCUT2D eigenvalue weighted by Crippen LogP contribution is 2.31. The van der Waals surface area contributed by atoms with Crippen molar-refractivity contribution in [3.05, 3.63) is 29.6 Å². The highest BCUT2D eigenvalue weighted by atomic mass is 32.2. The number of unbranched alkanes of at least 4 members (excludes halogenated alkanes) is 2. The van der Waals surface area contributed by atoms with Crippen molar-refractivity contribution in [1.29, 1.82) is 0 Å². The summed E-state index contributed by atoms with van der Waals surface area (Å²) in [4.78, 5) is 24.4. The van der Waals surface area contributed by atoms with Gasteiger partial charge in [-0.05, 0) is 55.7 Å². The molecule has 0 bridgehead atoms. The number of carbonyl (C=O) groups excluding carboxylic acids is 2. The van der Waals surface area contributed by atoms with Crippen LogP contribution in [-0.4, -0.2) is 50.7 Å². The van der Waals surface area contributed by atoms with Gasteiger partial charge in [-0.15, -0.1) is 0 Å². The smallest absolute Gasteiger partial charge is 0.324 e. The zero-order valence-corrected chi connectivity index (χ0v) is 19.3. The van der Waals surface area contributed by atoms with Crippen molar-refractivity contribution in [2.75, 3.05) is 25.4 Å². The maximum absolute atomic E-state index is 14.1.